The third kappa shape index (κ3) is 5.44. The lowest BCUT2D eigenvalue weighted by atomic mass is 10.1. The SMILES string of the molecule is Cc1ccccc1-c1ccc(C(=O)Nc2nc3cc(N(C)C(=O)c4ccccc4)ccc3n2CCC(N)=O)s1. The molecule has 0 fully saturated rings. The average molecular weight is 538 g/mol. The van der Waals surface area contributed by atoms with Gasteiger partial charge in [-0.15, -0.1) is 11.3 Å². The van der Waals surface area contributed by atoms with E-state index in [0.717, 1.165) is 16.0 Å². The number of imidazole rings is 1. The van der Waals surface area contributed by atoms with Gasteiger partial charge in [-0.25, -0.2) is 4.98 Å². The first kappa shape index (κ1) is 25.9. The summed E-state index contributed by atoms with van der Waals surface area (Å²) in [5.41, 5.74) is 10.1. The number of nitrogens with zero attached hydrogens (tertiary/aromatic N) is 3. The molecule has 3 N–H and O–H groups in total. The Kier molecular flexibility index (Phi) is 7.25. The van der Waals surface area contributed by atoms with Gasteiger partial charge in [-0.3, -0.25) is 19.7 Å². The van der Waals surface area contributed by atoms with E-state index in [1.807, 2.05) is 67.6 Å². The number of rotatable bonds is 8. The van der Waals surface area contributed by atoms with Crippen LogP contribution in [-0.2, 0) is 11.3 Å². The summed E-state index contributed by atoms with van der Waals surface area (Å²) in [6, 6.07) is 26.2. The smallest absolute Gasteiger partial charge is 0.268 e. The van der Waals surface area contributed by atoms with Gasteiger partial charge in [-0.05, 0) is 60.5 Å². The van der Waals surface area contributed by atoms with Crippen LogP contribution in [0.5, 0.6) is 0 Å². The Morgan fingerprint density at radius 3 is 2.46 bits per heavy atom. The molecule has 0 aliphatic rings. The Morgan fingerprint density at radius 1 is 0.974 bits per heavy atom. The summed E-state index contributed by atoms with van der Waals surface area (Å²) in [4.78, 5) is 45.5. The fourth-order valence-electron chi connectivity index (χ4n) is 4.38. The molecular formula is C30H27N5O3S. The third-order valence-electron chi connectivity index (χ3n) is 6.49. The number of hydrogen-bond acceptors (Lipinski definition) is 5. The quantitative estimate of drug-likeness (QED) is 0.273. The summed E-state index contributed by atoms with van der Waals surface area (Å²) in [6.45, 7) is 2.29. The topological polar surface area (TPSA) is 110 Å². The van der Waals surface area contributed by atoms with E-state index in [-0.39, 0.29) is 24.8 Å². The Hall–Kier alpha value is -4.76. The van der Waals surface area contributed by atoms with Crippen molar-refractivity contribution in [3.05, 3.63) is 101 Å². The van der Waals surface area contributed by atoms with Crippen molar-refractivity contribution >= 4 is 51.7 Å². The molecule has 0 aliphatic carbocycles. The molecule has 5 rings (SSSR count). The zero-order valence-corrected chi connectivity index (χ0v) is 22.4. The standard InChI is InChI=1S/C30H27N5O3S/c1-19-8-6-7-11-22(19)25-14-15-26(39-25)28(37)33-30-32-23-18-21(12-13-24(23)35(30)17-16-27(31)36)34(2)29(38)20-9-4-3-5-10-20/h3-15,18H,16-17H2,1-2H3,(H2,31,36)(H,32,33,37). The van der Waals surface area contributed by atoms with Gasteiger partial charge < -0.3 is 15.2 Å². The number of fused-ring (bicyclic) bond motifs is 1. The minimum atomic E-state index is -0.458. The van der Waals surface area contributed by atoms with E-state index >= 15 is 0 Å². The van der Waals surface area contributed by atoms with Gasteiger partial charge in [-0.2, -0.15) is 0 Å². The van der Waals surface area contributed by atoms with Gasteiger partial charge in [0.1, 0.15) is 0 Å². The number of carbonyl (C=O) groups excluding carboxylic acids is 3. The molecule has 3 aromatic carbocycles. The number of primary amides is 1. The van der Waals surface area contributed by atoms with Crippen LogP contribution in [0.1, 0.15) is 32.0 Å². The molecule has 0 unspecified atom stereocenters. The second-order valence-electron chi connectivity index (χ2n) is 9.14. The van der Waals surface area contributed by atoms with E-state index in [0.29, 0.717) is 33.1 Å². The van der Waals surface area contributed by atoms with Crippen LogP contribution in [0.3, 0.4) is 0 Å². The number of carbonyl (C=O) groups is 3. The number of benzene rings is 3. The minimum Gasteiger partial charge on any atom is -0.370 e. The van der Waals surface area contributed by atoms with Crippen LogP contribution in [0.4, 0.5) is 11.6 Å². The molecule has 9 heteroatoms. The molecular weight excluding hydrogens is 510 g/mol. The maximum Gasteiger partial charge on any atom is 0.268 e. The number of amides is 3. The number of hydrogen-bond donors (Lipinski definition) is 2. The van der Waals surface area contributed by atoms with E-state index in [1.165, 1.54) is 11.3 Å². The van der Waals surface area contributed by atoms with E-state index in [9.17, 15) is 14.4 Å². The molecule has 2 aromatic heterocycles. The van der Waals surface area contributed by atoms with Crippen LogP contribution in [0, 0.1) is 6.92 Å². The molecule has 0 bridgehead atoms. The molecule has 0 spiro atoms. The highest BCUT2D eigenvalue weighted by molar-refractivity contribution is 7.17. The first-order valence-corrected chi connectivity index (χ1v) is 13.2. The monoisotopic (exact) mass is 537 g/mol. The predicted molar refractivity (Wildman–Crippen MR) is 155 cm³/mol. The van der Waals surface area contributed by atoms with Gasteiger partial charge in [0.2, 0.25) is 11.9 Å². The van der Waals surface area contributed by atoms with Gasteiger partial charge in [0.15, 0.2) is 0 Å². The fourth-order valence-corrected chi connectivity index (χ4v) is 5.37. The maximum atomic E-state index is 13.2. The number of aromatic nitrogens is 2. The molecule has 0 radical (unpaired) electrons. The largest absolute Gasteiger partial charge is 0.370 e. The second kappa shape index (κ2) is 10.9. The first-order valence-electron chi connectivity index (χ1n) is 12.4. The zero-order valence-electron chi connectivity index (χ0n) is 21.5. The molecule has 39 heavy (non-hydrogen) atoms. The van der Waals surface area contributed by atoms with Crippen LogP contribution < -0.4 is 16.0 Å². The third-order valence-corrected chi connectivity index (χ3v) is 7.61. The lowest BCUT2D eigenvalue weighted by molar-refractivity contribution is -0.118. The number of anilines is 2. The Labute approximate surface area is 229 Å². The fraction of sp³-hybridized carbons (Fsp3) is 0.133. The summed E-state index contributed by atoms with van der Waals surface area (Å²) in [6.07, 6.45) is 0.0823. The Balaban J connectivity index is 1.45. The van der Waals surface area contributed by atoms with Crippen LogP contribution in [0.15, 0.2) is 84.9 Å². The highest BCUT2D eigenvalue weighted by Gasteiger charge is 2.19. The molecule has 0 saturated heterocycles. The lowest BCUT2D eigenvalue weighted by Gasteiger charge is -2.17. The second-order valence-corrected chi connectivity index (χ2v) is 10.2. The van der Waals surface area contributed by atoms with Crippen molar-refractivity contribution in [1.29, 1.82) is 0 Å². The minimum absolute atomic E-state index is 0.0823. The van der Waals surface area contributed by atoms with Crippen molar-refractivity contribution < 1.29 is 14.4 Å². The van der Waals surface area contributed by atoms with E-state index in [4.69, 9.17) is 5.73 Å². The number of nitrogens with one attached hydrogen (secondary N) is 1. The van der Waals surface area contributed by atoms with E-state index < -0.39 is 5.91 Å². The summed E-state index contributed by atoms with van der Waals surface area (Å²) < 4.78 is 1.76. The van der Waals surface area contributed by atoms with E-state index in [1.54, 1.807) is 40.8 Å². The van der Waals surface area contributed by atoms with Crippen molar-refractivity contribution in [2.45, 2.75) is 19.9 Å². The van der Waals surface area contributed by atoms with Crippen molar-refractivity contribution in [2.75, 3.05) is 17.3 Å². The predicted octanol–water partition coefficient (Wildman–Crippen LogP) is 5.48. The Bertz CT molecular complexity index is 1690. The highest BCUT2D eigenvalue weighted by Crippen LogP contribution is 2.31. The van der Waals surface area contributed by atoms with Crippen LogP contribution in [0.25, 0.3) is 21.5 Å². The summed E-state index contributed by atoms with van der Waals surface area (Å²) in [7, 11) is 1.70. The maximum absolute atomic E-state index is 13.2. The Morgan fingerprint density at radius 2 is 1.72 bits per heavy atom. The zero-order chi connectivity index (χ0) is 27.5. The van der Waals surface area contributed by atoms with Gasteiger partial charge in [0.05, 0.1) is 15.9 Å². The number of thiophene rings is 1. The van der Waals surface area contributed by atoms with Crippen molar-refractivity contribution in [2.24, 2.45) is 5.73 Å². The lowest BCUT2D eigenvalue weighted by Crippen LogP contribution is -2.26. The molecule has 0 atom stereocenters. The van der Waals surface area contributed by atoms with Crippen LogP contribution in [0.2, 0.25) is 0 Å². The molecule has 2 heterocycles. The summed E-state index contributed by atoms with van der Waals surface area (Å²) in [5.74, 6) is -0.609. The van der Waals surface area contributed by atoms with Gasteiger partial charge in [0, 0.05) is 36.1 Å². The van der Waals surface area contributed by atoms with Gasteiger partial charge >= 0.3 is 0 Å². The molecule has 0 aliphatic heterocycles. The highest BCUT2D eigenvalue weighted by atomic mass is 32.1. The summed E-state index contributed by atoms with van der Waals surface area (Å²) >= 11 is 1.40. The van der Waals surface area contributed by atoms with Crippen molar-refractivity contribution in [3.63, 3.8) is 0 Å². The molecule has 3 amide bonds. The summed E-state index contributed by atoms with van der Waals surface area (Å²) in [5, 5.41) is 2.91. The molecule has 196 valence electrons. The number of nitrogens with two attached hydrogens (primary N) is 1. The number of aryl methyl sites for hydroxylation is 2. The van der Waals surface area contributed by atoms with Gasteiger partial charge in [-0.1, -0.05) is 42.5 Å². The van der Waals surface area contributed by atoms with Crippen molar-refractivity contribution in [1.82, 2.24) is 9.55 Å². The van der Waals surface area contributed by atoms with Crippen molar-refractivity contribution in [3.8, 4) is 10.4 Å². The van der Waals surface area contributed by atoms with E-state index in [2.05, 4.69) is 10.3 Å². The molecule has 5 aromatic rings. The first-order chi connectivity index (χ1) is 18.8. The van der Waals surface area contributed by atoms with Crippen LogP contribution in [-0.4, -0.2) is 34.3 Å². The average Bonchev–Trinajstić information content (AvgIpc) is 3.56. The van der Waals surface area contributed by atoms with Gasteiger partial charge in [0.25, 0.3) is 11.8 Å². The normalized spacial score (nSPS) is 10.9. The van der Waals surface area contributed by atoms with Crippen LogP contribution >= 0.6 is 11.3 Å². The molecule has 0 saturated carbocycles. The molecule has 8 nitrogen and oxygen atoms in total.